The van der Waals surface area contributed by atoms with Crippen LogP contribution in [0.2, 0.25) is 0 Å². The Morgan fingerprint density at radius 1 is 1.11 bits per heavy atom. The Balaban J connectivity index is 1.57. The van der Waals surface area contributed by atoms with E-state index in [0.717, 1.165) is 22.6 Å². The van der Waals surface area contributed by atoms with Crippen molar-refractivity contribution in [1.82, 2.24) is 14.9 Å². The Hall–Kier alpha value is -3.08. The smallest absolute Gasteiger partial charge is 0.258 e. The highest BCUT2D eigenvalue weighted by Crippen LogP contribution is 2.24. The van der Waals surface area contributed by atoms with Crippen LogP contribution in [-0.4, -0.2) is 22.1 Å². The minimum Gasteiger partial charge on any atom is -0.483 e. The Labute approximate surface area is 166 Å². The van der Waals surface area contributed by atoms with Crippen molar-refractivity contribution in [3.8, 4) is 11.4 Å². The number of imidazole rings is 1. The van der Waals surface area contributed by atoms with Crippen LogP contribution in [0.4, 0.5) is 0 Å². The van der Waals surface area contributed by atoms with Crippen molar-refractivity contribution in [2.24, 2.45) is 0 Å². The zero-order chi connectivity index (χ0) is 20.1. The molecule has 0 spiro atoms. The largest absolute Gasteiger partial charge is 0.483 e. The maximum Gasteiger partial charge on any atom is 0.258 e. The number of rotatable bonds is 7. The summed E-state index contributed by atoms with van der Waals surface area (Å²) in [6, 6.07) is 14.1. The van der Waals surface area contributed by atoms with Crippen LogP contribution in [0, 0.1) is 6.92 Å². The fraction of sp³-hybridized carbons (Fsp3) is 0.304. The topological polar surface area (TPSA) is 56.1 Å². The first-order chi connectivity index (χ1) is 13.4. The summed E-state index contributed by atoms with van der Waals surface area (Å²) in [5.74, 6) is 1.04. The molecule has 0 bridgehead atoms. The number of amides is 1. The van der Waals surface area contributed by atoms with Crippen LogP contribution < -0.4 is 10.1 Å². The summed E-state index contributed by atoms with van der Waals surface area (Å²) >= 11 is 0. The Morgan fingerprint density at radius 3 is 2.46 bits per heavy atom. The third kappa shape index (κ3) is 4.80. The average molecular weight is 377 g/mol. The van der Waals surface area contributed by atoms with Crippen LogP contribution in [0.1, 0.15) is 49.4 Å². The number of hydrogen-bond donors (Lipinski definition) is 1. The number of carbonyl (C=O) groups is 1. The van der Waals surface area contributed by atoms with Crippen molar-refractivity contribution >= 4 is 5.91 Å². The fourth-order valence-corrected chi connectivity index (χ4v) is 2.99. The summed E-state index contributed by atoms with van der Waals surface area (Å²) in [6.45, 7) is 8.23. The van der Waals surface area contributed by atoms with Gasteiger partial charge in [0.15, 0.2) is 6.61 Å². The van der Waals surface area contributed by atoms with Crippen LogP contribution in [-0.2, 0) is 4.79 Å². The summed E-state index contributed by atoms with van der Waals surface area (Å²) in [5, 5.41) is 2.99. The van der Waals surface area contributed by atoms with Crippen LogP contribution in [0.3, 0.4) is 0 Å². The van der Waals surface area contributed by atoms with Gasteiger partial charge in [-0.05, 0) is 54.7 Å². The van der Waals surface area contributed by atoms with Gasteiger partial charge < -0.3 is 14.6 Å². The molecule has 0 aliphatic heterocycles. The van der Waals surface area contributed by atoms with Gasteiger partial charge in [0, 0.05) is 18.1 Å². The molecule has 2 aromatic carbocycles. The number of ether oxygens (including phenoxy) is 1. The number of aromatic nitrogens is 2. The lowest BCUT2D eigenvalue weighted by Crippen LogP contribution is -2.31. The second-order valence-electron chi connectivity index (χ2n) is 7.32. The number of nitrogens with one attached hydrogen (secondary N) is 1. The van der Waals surface area contributed by atoms with E-state index in [9.17, 15) is 4.79 Å². The zero-order valence-corrected chi connectivity index (χ0v) is 16.8. The van der Waals surface area contributed by atoms with Gasteiger partial charge in [-0.15, -0.1) is 0 Å². The predicted octanol–water partition coefficient (Wildman–Crippen LogP) is 4.56. The molecule has 5 heteroatoms. The van der Waals surface area contributed by atoms with Crippen molar-refractivity contribution < 1.29 is 9.53 Å². The van der Waals surface area contributed by atoms with E-state index in [1.165, 1.54) is 5.56 Å². The molecule has 146 valence electrons. The van der Waals surface area contributed by atoms with Crippen molar-refractivity contribution in [2.75, 3.05) is 6.61 Å². The van der Waals surface area contributed by atoms with Gasteiger partial charge in [0.2, 0.25) is 0 Å². The van der Waals surface area contributed by atoms with Gasteiger partial charge in [0.25, 0.3) is 5.91 Å². The van der Waals surface area contributed by atoms with Crippen molar-refractivity contribution in [2.45, 2.75) is 39.7 Å². The molecule has 1 amide bonds. The van der Waals surface area contributed by atoms with E-state index in [2.05, 4.69) is 30.2 Å². The van der Waals surface area contributed by atoms with Gasteiger partial charge >= 0.3 is 0 Å². The number of carbonyl (C=O) groups excluding carboxylic acids is 1. The second-order valence-corrected chi connectivity index (χ2v) is 7.32. The molecule has 1 atom stereocenters. The quantitative estimate of drug-likeness (QED) is 0.657. The number of aryl methyl sites for hydroxylation is 1. The third-order valence-electron chi connectivity index (χ3n) is 4.81. The highest BCUT2D eigenvalue weighted by molar-refractivity contribution is 5.78. The molecule has 0 saturated heterocycles. The molecule has 0 aliphatic carbocycles. The zero-order valence-electron chi connectivity index (χ0n) is 16.8. The molecule has 0 unspecified atom stereocenters. The molecule has 0 saturated carbocycles. The minimum atomic E-state index is -0.138. The molecule has 0 fully saturated rings. The number of hydrogen-bond acceptors (Lipinski definition) is 3. The van der Waals surface area contributed by atoms with E-state index in [4.69, 9.17) is 4.74 Å². The molecule has 3 aromatic rings. The molecule has 1 N–H and O–H groups in total. The van der Waals surface area contributed by atoms with E-state index in [1.54, 1.807) is 12.5 Å². The molecule has 1 heterocycles. The molecule has 1 aromatic heterocycles. The summed E-state index contributed by atoms with van der Waals surface area (Å²) in [6.07, 6.45) is 5.40. The van der Waals surface area contributed by atoms with Crippen LogP contribution in [0.5, 0.6) is 5.75 Å². The van der Waals surface area contributed by atoms with Crippen LogP contribution in [0.15, 0.2) is 61.2 Å². The number of benzene rings is 2. The average Bonchev–Trinajstić information content (AvgIpc) is 3.22. The summed E-state index contributed by atoms with van der Waals surface area (Å²) in [5.41, 5.74) is 4.30. The second kappa shape index (κ2) is 8.74. The third-order valence-corrected chi connectivity index (χ3v) is 4.81. The van der Waals surface area contributed by atoms with Crippen molar-refractivity contribution in [1.29, 1.82) is 0 Å². The highest BCUT2D eigenvalue weighted by Gasteiger charge is 2.12. The summed E-state index contributed by atoms with van der Waals surface area (Å²) < 4.78 is 7.71. The molecule has 0 aliphatic rings. The molecule has 0 radical (unpaired) electrons. The Kier molecular flexibility index (Phi) is 6.14. The Morgan fingerprint density at radius 2 is 1.82 bits per heavy atom. The first-order valence-corrected chi connectivity index (χ1v) is 9.55. The molecule has 5 nitrogen and oxygen atoms in total. The van der Waals surface area contributed by atoms with Crippen LogP contribution in [0.25, 0.3) is 5.69 Å². The predicted molar refractivity (Wildman–Crippen MR) is 111 cm³/mol. The van der Waals surface area contributed by atoms with E-state index >= 15 is 0 Å². The van der Waals surface area contributed by atoms with E-state index in [-0.39, 0.29) is 18.6 Å². The lowest BCUT2D eigenvalue weighted by molar-refractivity contribution is -0.123. The molecular formula is C23H27N3O2. The standard InChI is InChI=1S/C23H27N3O2/c1-16(2)20-6-5-17(3)22(13-20)28-14-23(27)25-18(4)19-7-9-21(10-8-19)26-12-11-24-15-26/h5-13,15-16,18H,14H2,1-4H3,(H,25,27)/t18-/m0/s1. The summed E-state index contributed by atoms with van der Waals surface area (Å²) in [7, 11) is 0. The van der Waals surface area contributed by atoms with Gasteiger partial charge in [-0.25, -0.2) is 4.98 Å². The lowest BCUT2D eigenvalue weighted by Gasteiger charge is -2.16. The van der Waals surface area contributed by atoms with Crippen molar-refractivity contribution in [3.63, 3.8) is 0 Å². The highest BCUT2D eigenvalue weighted by atomic mass is 16.5. The normalized spacial score (nSPS) is 12.0. The molecule has 28 heavy (non-hydrogen) atoms. The van der Waals surface area contributed by atoms with Crippen molar-refractivity contribution in [3.05, 3.63) is 77.9 Å². The fourth-order valence-electron chi connectivity index (χ4n) is 2.99. The first-order valence-electron chi connectivity index (χ1n) is 9.55. The summed E-state index contributed by atoms with van der Waals surface area (Å²) in [4.78, 5) is 16.4. The monoisotopic (exact) mass is 377 g/mol. The minimum absolute atomic E-state index is 0.000150. The maximum absolute atomic E-state index is 12.3. The number of nitrogens with zero attached hydrogens (tertiary/aromatic N) is 2. The van der Waals surface area contributed by atoms with Gasteiger partial charge in [-0.2, -0.15) is 0 Å². The maximum atomic E-state index is 12.3. The molecule has 3 rings (SSSR count). The van der Waals surface area contributed by atoms with Crippen LogP contribution >= 0.6 is 0 Å². The SMILES string of the molecule is Cc1ccc(C(C)C)cc1OCC(=O)N[C@@H](C)c1ccc(-n2ccnc2)cc1. The van der Waals surface area contributed by atoms with Gasteiger partial charge in [-0.3, -0.25) is 4.79 Å². The first kappa shape index (κ1) is 19.7. The van der Waals surface area contributed by atoms with E-state index < -0.39 is 0 Å². The van der Waals surface area contributed by atoms with Gasteiger partial charge in [0.1, 0.15) is 5.75 Å². The molecular weight excluding hydrogens is 350 g/mol. The van der Waals surface area contributed by atoms with E-state index in [1.807, 2.05) is 61.0 Å². The Bertz CT molecular complexity index is 916. The lowest BCUT2D eigenvalue weighted by atomic mass is 10.0. The van der Waals surface area contributed by atoms with Gasteiger partial charge in [-0.1, -0.05) is 38.1 Å². The van der Waals surface area contributed by atoms with Gasteiger partial charge in [0.05, 0.1) is 12.4 Å². The van der Waals surface area contributed by atoms with E-state index in [0.29, 0.717) is 5.92 Å².